The number of rotatable bonds is 5. The molecule has 1 aliphatic heterocycles. The first kappa shape index (κ1) is 13.1. The fourth-order valence-corrected chi connectivity index (χ4v) is 2.17. The molecular formula is C14H21FN2O. The second-order valence-electron chi connectivity index (χ2n) is 4.71. The maximum atomic E-state index is 12.0. The Morgan fingerprint density at radius 2 is 2.11 bits per heavy atom. The smallest absolute Gasteiger partial charge is 0.121 e. The van der Waals surface area contributed by atoms with E-state index in [9.17, 15) is 4.39 Å². The van der Waals surface area contributed by atoms with Crippen molar-refractivity contribution in [3.8, 4) is 5.75 Å². The van der Waals surface area contributed by atoms with Crippen molar-refractivity contribution < 1.29 is 9.13 Å². The lowest BCUT2D eigenvalue weighted by Crippen LogP contribution is -2.39. The summed E-state index contributed by atoms with van der Waals surface area (Å²) in [6.07, 6.45) is 2.52. The summed E-state index contributed by atoms with van der Waals surface area (Å²) in [4.78, 5) is 2.32. The third-order valence-corrected chi connectivity index (χ3v) is 3.27. The summed E-state index contributed by atoms with van der Waals surface area (Å²) in [5.74, 6) is 0.816. The van der Waals surface area contributed by atoms with Gasteiger partial charge in [-0.05, 0) is 25.0 Å². The molecule has 1 aromatic carbocycles. The Morgan fingerprint density at radius 3 is 2.83 bits per heavy atom. The average molecular weight is 252 g/mol. The predicted octanol–water partition coefficient (Wildman–Crippen LogP) is 2.35. The summed E-state index contributed by atoms with van der Waals surface area (Å²) in [6.45, 7) is 2.10. The van der Waals surface area contributed by atoms with E-state index in [4.69, 9.17) is 10.5 Å². The lowest BCUT2D eigenvalue weighted by Gasteiger charge is -2.32. The van der Waals surface area contributed by atoms with Crippen molar-refractivity contribution in [1.82, 2.24) is 0 Å². The van der Waals surface area contributed by atoms with E-state index in [1.165, 1.54) is 5.69 Å². The van der Waals surface area contributed by atoms with Gasteiger partial charge in [-0.25, -0.2) is 0 Å². The molecule has 0 saturated carbocycles. The number of benzene rings is 1. The van der Waals surface area contributed by atoms with Crippen LogP contribution in [0.1, 0.15) is 19.3 Å². The summed E-state index contributed by atoms with van der Waals surface area (Å²) in [5, 5.41) is 0. The number of alkyl halides is 1. The number of nitrogens with two attached hydrogens (primary N) is 1. The van der Waals surface area contributed by atoms with Gasteiger partial charge in [0.05, 0.1) is 13.3 Å². The molecule has 0 aliphatic carbocycles. The highest BCUT2D eigenvalue weighted by atomic mass is 19.1. The van der Waals surface area contributed by atoms with Crippen molar-refractivity contribution in [2.75, 3.05) is 31.3 Å². The van der Waals surface area contributed by atoms with Crippen LogP contribution in [0.2, 0.25) is 0 Å². The third-order valence-electron chi connectivity index (χ3n) is 3.27. The molecule has 0 aromatic heterocycles. The van der Waals surface area contributed by atoms with Crippen LogP contribution in [0.4, 0.5) is 10.1 Å². The third kappa shape index (κ3) is 3.60. The van der Waals surface area contributed by atoms with Crippen LogP contribution < -0.4 is 15.4 Å². The maximum Gasteiger partial charge on any atom is 0.121 e. The number of hydrogen-bond donors (Lipinski definition) is 1. The Bertz CT molecular complexity index is 365. The van der Waals surface area contributed by atoms with Crippen LogP contribution in [0.25, 0.3) is 0 Å². The van der Waals surface area contributed by atoms with Crippen molar-refractivity contribution in [2.45, 2.75) is 25.3 Å². The molecule has 1 heterocycles. The largest absolute Gasteiger partial charge is 0.493 e. The molecule has 0 atom stereocenters. The van der Waals surface area contributed by atoms with E-state index in [0.29, 0.717) is 19.1 Å². The second kappa shape index (κ2) is 6.59. The van der Waals surface area contributed by atoms with E-state index >= 15 is 0 Å². The van der Waals surface area contributed by atoms with Crippen molar-refractivity contribution in [3.05, 3.63) is 24.3 Å². The molecule has 1 saturated heterocycles. The van der Waals surface area contributed by atoms with Crippen molar-refractivity contribution in [1.29, 1.82) is 0 Å². The maximum absolute atomic E-state index is 12.0. The normalized spacial score (nSPS) is 16.9. The molecule has 0 radical (unpaired) electrons. The number of anilines is 1. The minimum Gasteiger partial charge on any atom is -0.493 e. The Kier molecular flexibility index (Phi) is 4.81. The van der Waals surface area contributed by atoms with Crippen LogP contribution >= 0.6 is 0 Å². The van der Waals surface area contributed by atoms with Crippen LogP contribution in [-0.2, 0) is 0 Å². The number of nitrogens with zero attached hydrogens (tertiary/aromatic N) is 1. The Labute approximate surface area is 108 Å². The summed E-state index contributed by atoms with van der Waals surface area (Å²) >= 11 is 0. The topological polar surface area (TPSA) is 38.5 Å². The average Bonchev–Trinajstić information content (AvgIpc) is 2.40. The van der Waals surface area contributed by atoms with Gasteiger partial charge >= 0.3 is 0 Å². The monoisotopic (exact) mass is 252 g/mol. The lowest BCUT2D eigenvalue weighted by molar-refractivity contribution is 0.289. The molecule has 1 fully saturated rings. The fraction of sp³-hybridized carbons (Fsp3) is 0.571. The minimum absolute atomic E-state index is 0.330. The number of halogens is 1. The van der Waals surface area contributed by atoms with E-state index in [-0.39, 0.29) is 6.67 Å². The van der Waals surface area contributed by atoms with Crippen molar-refractivity contribution >= 4 is 5.69 Å². The van der Waals surface area contributed by atoms with Gasteiger partial charge in [0.25, 0.3) is 0 Å². The van der Waals surface area contributed by atoms with Crippen LogP contribution in [0.3, 0.4) is 0 Å². The Balaban J connectivity index is 1.94. The molecule has 4 heteroatoms. The lowest BCUT2D eigenvalue weighted by atomic mass is 10.1. The molecular weight excluding hydrogens is 231 g/mol. The Morgan fingerprint density at radius 1 is 1.33 bits per heavy atom. The molecule has 18 heavy (non-hydrogen) atoms. The standard InChI is InChI=1S/C14H21FN2O/c15-7-2-10-18-14-4-1-3-13(11-14)17-8-5-12(16)6-9-17/h1,3-4,11-12H,2,5-10,16H2. The number of hydrogen-bond acceptors (Lipinski definition) is 3. The zero-order valence-corrected chi connectivity index (χ0v) is 10.6. The first-order valence-corrected chi connectivity index (χ1v) is 6.59. The quantitative estimate of drug-likeness (QED) is 0.818. The summed E-state index contributed by atoms with van der Waals surface area (Å²) in [5.41, 5.74) is 7.07. The molecule has 1 aliphatic rings. The van der Waals surface area contributed by atoms with Crippen LogP contribution in [-0.4, -0.2) is 32.4 Å². The molecule has 0 unspecified atom stereocenters. The summed E-state index contributed by atoms with van der Waals surface area (Å²) in [7, 11) is 0. The molecule has 2 N–H and O–H groups in total. The minimum atomic E-state index is -0.330. The Hall–Kier alpha value is -1.29. The number of piperidine rings is 1. The SMILES string of the molecule is NC1CCN(c2cccc(OCCCF)c2)CC1. The van der Waals surface area contributed by atoms with Gasteiger partial charge in [0.15, 0.2) is 0 Å². The van der Waals surface area contributed by atoms with Gasteiger partial charge in [0, 0.05) is 37.3 Å². The molecule has 100 valence electrons. The fourth-order valence-electron chi connectivity index (χ4n) is 2.17. The molecule has 0 spiro atoms. The first-order chi connectivity index (χ1) is 8.79. The van der Waals surface area contributed by atoms with Crippen LogP contribution in [0.15, 0.2) is 24.3 Å². The zero-order chi connectivity index (χ0) is 12.8. The van der Waals surface area contributed by atoms with Gasteiger partial charge in [0.1, 0.15) is 5.75 Å². The van der Waals surface area contributed by atoms with Crippen LogP contribution in [0.5, 0.6) is 5.75 Å². The molecule has 2 rings (SSSR count). The number of ether oxygens (including phenoxy) is 1. The van der Waals surface area contributed by atoms with Gasteiger partial charge in [-0.15, -0.1) is 0 Å². The predicted molar refractivity (Wildman–Crippen MR) is 72.0 cm³/mol. The van der Waals surface area contributed by atoms with E-state index in [2.05, 4.69) is 11.0 Å². The van der Waals surface area contributed by atoms with E-state index in [1.54, 1.807) is 0 Å². The van der Waals surface area contributed by atoms with Gasteiger partial charge < -0.3 is 15.4 Å². The van der Waals surface area contributed by atoms with Gasteiger partial charge in [-0.2, -0.15) is 0 Å². The first-order valence-electron chi connectivity index (χ1n) is 6.59. The van der Waals surface area contributed by atoms with Crippen LogP contribution in [0, 0.1) is 0 Å². The molecule has 0 bridgehead atoms. The molecule has 3 nitrogen and oxygen atoms in total. The van der Waals surface area contributed by atoms with Gasteiger partial charge in [-0.1, -0.05) is 6.07 Å². The molecule has 0 amide bonds. The highest BCUT2D eigenvalue weighted by molar-refractivity contribution is 5.51. The van der Waals surface area contributed by atoms with Gasteiger partial charge in [-0.3, -0.25) is 4.39 Å². The van der Waals surface area contributed by atoms with E-state index in [0.717, 1.165) is 31.7 Å². The van der Waals surface area contributed by atoms with E-state index in [1.807, 2.05) is 18.2 Å². The highest BCUT2D eigenvalue weighted by Crippen LogP contribution is 2.24. The summed E-state index contributed by atoms with van der Waals surface area (Å²) in [6, 6.07) is 8.34. The van der Waals surface area contributed by atoms with Crippen molar-refractivity contribution in [3.63, 3.8) is 0 Å². The highest BCUT2D eigenvalue weighted by Gasteiger charge is 2.16. The second-order valence-corrected chi connectivity index (χ2v) is 4.71. The zero-order valence-electron chi connectivity index (χ0n) is 10.6. The summed E-state index contributed by atoms with van der Waals surface area (Å²) < 4.78 is 17.5. The van der Waals surface area contributed by atoms with Crippen molar-refractivity contribution in [2.24, 2.45) is 5.73 Å². The van der Waals surface area contributed by atoms with E-state index < -0.39 is 0 Å². The van der Waals surface area contributed by atoms with Gasteiger partial charge in [0.2, 0.25) is 0 Å². The molecule has 1 aromatic rings.